The third-order valence-corrected chi connectivity index (χ3v) is 2.22. The molecule has 1 aromatic rings. The Bertz CT molecular complexity index is 385. The number of rotatable bonds is 6. The standard InChI is InChI=1S/C13H18O4/c1-9(2)17-11-6-4-10(5-7-13(14)15)8-12(11)16-3/h4,6,8-9H,5,7H2,1-3H3,(H,14,15). The molecule has 1 N–H and O–H groups in total. The molecule has 0 unspecified atom stereocenters. The number of aryl methyl sites for hydroxylation is 1. The van der Waals surface area contributed by atoms with Gasteiger partial charge in [0.25, 0.3) is 0 Å². The lowest BCUT2D eigenvalue weighted by Gasteiger charge is -2.14. The van der Waals surface area contributed by atoms with Crippen LogP contribution in [0.4, 0.5) is 0 Å². The Labute approximate surface area is 101 Å². The smallest absolute Gasteiger partial charge is 0.303 e. The topological polar surface area (TPSA) is 55.8 Å². The van der Waals surface area contributed by atoms with E-state index in [2.05, 4.69) is 0 Å². The zero-order valence-electron chi connectivity index (χ0n) is 10.4. The van der Waals surface area contributed by atoms with Crippen LogP contribution < -0.4 is 9.47 Å². The van der Waals surface area contributed by atoms with E-state index in [9.17, 15) is 4.79 Å². The summed E-state index contributed by atoms with van der Waals surface area (Å²) in [5.74, 6) is 0.523. The van der Waals surface area contributed by atoms with Crippen molar-refractivity contribution < 1.29 is 19.4 Å². The molecule has 0 aliphatic heterocycles. The SMILES string of the molecule is COc1cc(CCC(=O)O)ccc1OC(C)C. The maximum atomic E-state index is 10.5. The summed E-state index contributed by atoms with van der Waals surface area (Å²) in [5.41, 5.74) is 0.931. The Morgan fingerprint density at radius 2 is 2.06 bits per heavy atom. The molecule has 94 valence electrons. The Kier molecular flexibility index (Phi) is 4.82. The fraction of sp³-hybridized carbons (Fsp3) is 0.462. The van der Waals surface area contributed by atoms with Crippen molar-refractivity contribution in [2.75, 3.05) is 7.11 Å². The van der Waals surface area contributed by atoms with Crippen molar-refractivity contribution in [1.29, 1.82) is 0 Å². The third kappa shape index (κ3) is 4.34. The van der Waals surface area contributed by atoms with E-state index >= 15 is 0 Å². The number of aliphatic carboxylic acids is 1. The molecule has 0 aliphatic rings. The molecule has 0 heterocycles. The second kappa shape index (κ2) is 6.13. The monoisotopic (exact) mass is 238 g/mol. The van der Waals surface area contributed by atoms with Crippen LogP contribution >= 0.6 is 0 Å². The lowest BCUT2D eigenvalue weighted by molar-refractivity contribution is -0.136. The fourth-order valence-corrected chi connectivity index (χ4v) is 1.47. The minimum absolute atomic E-state index is 0.0776. The van der Waals surface area contributed by atoms with Crippen molar-refractivity contribution >= 4 is 5.97 Å². The molecule has 1 aromatic carbocycles. The Morgan fingerprint density at radius 1 is 1.35 bits per heavy atom. The molecule has 4 heteroatoms. The Hall–Kier alpha value is -1.71. The second-order valence-corrected chi connectivity index (χ2v) is 4.05. The molecule has 0 aromatic heterocycles. The van der Waals surface area contributed by atoms with Gasteiger partial charge in [-0.25, -0.2) is 0 Å². The summed E-state index contributed by atoms with van der Waals surface area (Å²) in [5, 5.41) is 8.62. The second-order valence-electron chi connectivity index (χ2n) is 4.05. The van der Waals surface area contributed by atoms with Crippen molar-refractivity contribution in [3.8, 4) is 11.5 Å². The molecule has 0 saturated carbocycles. The van der Waals surface area contributed by atoms with Gasteiger partial charge in [-0.15, -0.1) is 0 Å². The highest BCUT2D eigenvalue weighted by atomic mass is 16.5. The van der Waals surface area contributed by atoms with Crippen LogP contribution in [-0.4, -0.2) is 24.3 Å². The molecule has 0 amide bonds. The molecule has 0 atom stereocenters. The van der Waals surface area contributed by atoms with E-state index in [4.69, 9.17) is 14.6 Å². The molecule has 4 nitrogen and oxygen atoms in total. The first-order valence-electron chi connectivity index (χ1n) is 5.58. The molecule has 1 rings (SSSR count). The van der Waals surface area contributed by atoms with Crippen LogP contribution in [0.5, 0.6) is 11.5 Å². The lowest BCUT2D eigenvalue weighted by Crippen LogP contribution is -2.07. The first-order valence-corrected chi connectivity index (χ1v) is 5.58. The van der Waals surface area contributed by atoms with Gasteiger partial charge in [0.2, 0.25) is 0 Å². The molecular weight excluding hydrogens is 220 g/mol. The summed E-state index contributed by atoms with van der Waals surface area (Å²) in [6.45, 7) is 3.88. The summed E-state index contributed by atoms with van der Waals surface area (Å²) in [4.78, 5) is 10.5. The highest BCUT2D eigenvalue weighted by Gasteiger charge is 2.08. The van der Waals surface area contributed by atoms with E-state index < -0.39 is 5.97 Å². The lowest BCUT2D eigenvalue weighted by atomic mass is 10.1. The van der Waals surface area contributed by atoms with Crippen LogP contribution in [0.15, 0.2) is 18.2 Å². The summed E-state index contributed by atoms with van der Waals surface area (Å²) in [6.07, 6.45) is 0.690. The number of hydrogen-bond donors (Lipinski definition) is 1. The fourth-order valence-electron chi connectivity index (χ4n) is 1.47. The Balaban J connectivity index is 2.80. The van der Waals surface area contributed by atoms with Gasteiger partial charge in [0.1, 0.15) is 0 Å². The van der Waals surface area contributed by atoms with Gasteiger partial charge in [0.05, 0.1) is 13.2 Å². The molecule has 0 bridgehead atoms. The van der Waals surface area contributed by atoms with E-state index in [0.717, 1.165) is 5.56 Å². The summed E-state index contributed by atoms with van der Waals surface area (Å²) >= 11 is 0. The number of hydrogen-bond acceptors (Lipinski definition) is 3. The quantitative estimate of drug-likeness (QED) is 0.827. The maximum absolute atomic E-state index is 10.5. The number of ether oxygens (including phenoxy) is 2. The predicted molar refractivity (Wildman–Crippen MR) is 64.7 cm³/mol. The number of carbonyl (C=O) groups is 1. The van der Waals surface area contributed by atoms with Crippen LogP contribution in [0.2, 0.25) is 0 Å². The maximum Gasteiger partial charge on any atom is 0.303 e. The van der Waals surface area contributed by atoms with Crippen molar-refractivity contribution in [1.82, 2.24) is 0 Å². The molecule has 0 radical (unpaired) electrons. The van der Waals surface area contributed by atoms with E-state index in [1.165, 1.54) is 0 Å². The highest BCUT2D eigenvalue weighted by Crippen LogP contribution is 2.29. The molecule has 0 aliphatic carbocycles. The van der Waals surface area contributed by atoms with E-state index in [-0.39, 0.29) is 12.5 Å². The van der Waals surface area contributed by atoms with Gasteiger partial charge in [0.15, 0.2) is 11.5 Å². The normalized spacial score (nSPS) is 10.4. The Morgan fingerprint density at radius 3 is 2.59 bits per heavy atom. The van der Waals surface area contributed by atoms with Gasteiger partial charge in [0, 0.05) is 6.42 Å². The minimum atomic E-state index is -0.800. The van der Waals surface area contributed by atoms with Gasteiger partial charge in [-0.2, -0.15) is 0 Å². The first kappa shape index (κ1) is 13.4. The van der Waals surface area contributed by atoms with Crippen molar-refractivity contribution in [2.24, 2.45) is 0 Å². The van der Waals surface area contributed by atoms with Crippen molar-refractivity contribution in [3.05, 3.63) is 23.8 Å². The average Bonchev–Trinajstić information content (AvgIpc) is 2.26. The summed E-state index contributed by atoms with van der Waals surface area (Å²) in [7, 11) is 1.57. The third-order valence-electron chi connectivity index (χ3n) is 2.22. The highest BCUT2D eigenvalue weighted by molar-refractivity contribution is 5.67. The first-order chi connectivity index (χ1) is 8.02. The molecule has 0 saturated heterocycles. The number of methoxy groups -OCH3 is 1. The van der Waals surface area contributed by atoms with Crippen LogP contribution in [0, 0.1) is 0 Å². The van der Waals surface area contributed by atoms with E-state index in [1.54, 1.807) is 7.11 Å². The van der Waals surface area contributed by atoms with Crippen LogP contribution in [-0.2, 0) is 11.2 Å². The largest absolute Gasteiger partial charge is 0.493 e. The molecule has 0 spiro atoms. The zero-order chi connectivity index (χ0) is 12.8. The van der Waals surface area contributed by atoms with E-state index in [0.29, 0.717) is 17.9 Å². The van der Waals surface area contributed by atoms with Crippen LogP contribution in [0.1, 0.15) is 25.8 Å². The van der Waals surface area contributed by atoms with Crippen molar-refractivity contribution in [3.63, 3.8) is 0 Å². The van der Waals surface area contributed by atoms with Gasteiger partial charge >= 0.3 is 5.97 Å². The molecule has 17 heavy (non-hydrogen) atoms. The van der Waals surface area contributed by atoms with Gasteiger partial charge in [-0.1, -0.05) is 6.07 Å². The summed E-state index contributed by atoms with van der Waals surface area (Å²) < 4.78 is 10.8. The zero-order valence-corrected chi connectivity index (χ0v) is 10.4. The minimum Gasteiger partial charge on any atom is -0.493 e. The number of carboxylic acid groups (broad SMARTS) is 1. The predicted octanol–water partition coefficient (Wildman–Crippen LogP) is 2.50. The number of benzene rings is 1. The van der Waals surface area contributed by atoms with Crippen molar-refractivity contribution in [2.45, 2.75) is 32.8 Å². The van der Waals surface area contributed by atoms with Crippen LogP contribution in [0.3, 0.4) is 0 Å². The van der Waals surface area contributed by atoms with Gasteiger partial charge in [-0.05, 0) is 38.0 Å². The average molecular weight is 238 g/mol. The van der Waals surface area contributed by atoms with E-state index in [1.807, 2.05) is 32.0 Å². The van der Waals surface area contributed by atoms with Gasteiger partial charge in [-0.3, -0.25) is 4.79 Å². The molecular formula is C13H18O4. The van der Waals surface area contributed by atoms with Gasteiger partial charge < -0.3 is 14.6 Å². The summed E-state index contributed by atoms with van der Waals surface area (Å²) in [6, 6.07) is 5.50. The molecule has 0 fully saturated rings. The number of carboxylic acids is 1. The van der Waals surface area contributed by atoms with Crippen LogP contribution in [0.25, 0.3) is 0 Å².